The molecular formula is C9H7N3S. The first kappa shape index (κ1) is 8.02. The molecule has 2 rings (SSSR count). The van der Waals surface area contributed by atoms with Crippen molar-refractivity contribution in [2.24, 2.45) is 0 Å². The van der Waals surface area contributed by atoms with Crippen LogP contribution in [0.2, 0.25) is 0 Å². The Morgan fingerprint density at radius 2 is 2.38 bits per heavy atom. The topological polar surface area (TPSA) is 41.6 Å². The van der Waals surface area contributed by atoms with Gasteiger partial charge in [-0.15, -0.1) is 11.3 Å². The summed E-state index contributed by atoms with van der Waals surface area (Å²) in [6.07, 6.45) is 1.86. The normalized spacial score (nSPS) is 9.85. The summed E-state index contributed by atoms with van der Waals surface area (Å²) in [6, 6.07) is 5.85. The molecule has 0 fully saturated rings. The first-order valence-corrected chi connectivity index (χ1v) is 4.69. The summed E-state index contributed by atoms with van der Waals surface area (Å²) in [4.78, 5) is 0. The summed E-state index contributed by atoms with van der Waals surface area (Å²) >= 11 is 1.52. The second kappa shape index (κ2) is 3.04. The maximum atomic E-state index is 8.79. The fourth-order valence-electron chi connectivity index (χ4n) is 1.09. The predicted molar refractivity (Wildman–Crippen MR) is 50.9 cm³/mol. The van der Waals surface area contributed by atoms with Gasteiger partial charge in [0.25, 0.3) is 0 Å². The SMILES string of the molecule is Cc1ccn(-c2sccc2C#N)n1. The molecule has 0 spiro atoms. The summed E-state index contributed by atoms with van der Waals surface area (Å²) in [5.41, 5.74) is 1.63. The van der Waals surface area contributed by atoms with Gasteiger partial charge in [-0.05, 0) is 24.4 Å². The zero-order valence-electron chi connectivity index (χ0n) is 7.06. The van der Waals surface area contributed by atoms with Crippen LogP contribution in [0.25, 0.3) is 5.00 Å². The van der Waals surface area contributed by atoms with Gasteiger partial charge in [0, 0.05) is 6.20 Å². The Hall–Kier alpha value is -1.60. The van der Waals surface area contributed by atoms with Gasteiger partial charge in [0.2, 0.25) is 0 Å². The number of nitrogens with zero attached hydrogens (tertiary/aromatic N) is 3. The number of thiophene rings is 1. The number of hydrogen-bond donors (Lipinski definition) is 0. The summed E-state index contributed by atoms with van der Waals surface area (Å²) < 4.78 is 1.73. The van der Waals surface area contributed by atoms with Gasteiger partial charge in [-0.2, -0.15) is 10.4 Å². The molecule has 0 aromatic carbocycles. The van der Waals surface area contributed by atoms with Crippen molar-refractivity contribution in [3.63, 3.8) is 0 Å². The number of nitriles is 1. The van der Waals surface area contributed by atoms with E-state index in [9.17, 15) is 0 Å². The quantitative estimate of drug-likeness (QED) is 0.689. The van der Waals surface area contributed by atoms with Crippen LogP contribution in [0.3, 0.4) is 0 Å². The second-order valence-electron chi connectivity index (χ2n) is 2.65. The van der Waals surface area contributed by atoms with Crippen LogP contribution in [0.15, 0.2) is 23.7 Å². The highest BCUT2D eigenvalue weighted by molar-refractivity contribution is 7.12. The lowest BCUT2D eigenvalue weighted by Crippen LogP contribution is -1.93. The van der Waals surface area contributed by atoms with Crippen LogP contribution in [-0.2, 0) is 0 Å². The third-order valence-electron chi connectivity index (χ3n) is 1.70. The molecule has 0 atom stereocenters. The molecule has 0 bridgehead atoms. The van der Waals surface area contributed by atoms with Crippen molar-refractivity contribution in [3.8, 4) is 11.1 Å². The summed E-state index contributed by atoms with van der Waals surface area (Å²) in [6.45, 7) is 1.93. The molecule has 2 aromatic heterocycles. The number of hydrogen-bond acceptors (Lipinski definition) is 3. The average molecular weight is 189 g/mol. The molecule has 0 aliphatic carbocycles. The van der Waals surface area contributed by atoms with E-state index >= 15 is 0 Å². The van der Waals surface area contributed by atoms with Gasteiger partial charge in [-0.1, -0.05) is 0 Å². The molecule has 2 heterocycles. The van der Waals surface area contributed by atoms with Crippen LogP contribution in [0.5, 0.6) is 0 Å². The maximum Gasteiger partial charge on any atom is 0.135 e. The molecule has 64 valence electrons. The van der Waals surface area contributed by atoms with E-state index < -0.39 is 0 Å². The molecule has 0 aliphatic rings. The molecule has 13 heavy (non-hydrogen) atoms. The molecular weight excluding hydrogens is 182 g/mol. The third kappa shape index (κ3) is 1.34. The van der Waals surface area contributed by atoms with Crippen molar-refractivity contribution in [1.82, 2.24) is 9.78 Å². The van der Waals surface area contributed by atoms with Gasteiger partial charge in [-0.25, -0.2) is 4.68 Å². The fraction of sp³-hybridized carbons (Fsp3) is 0.111. The minimum Gasteiger partial charge on any atom is -0.229 e. The van der Waals surface area contributed by atoms with E-state index in [1.54, 1.807) is 10.7 Å². The molecule has 0 N–H and O–H groups in total. The van der Waals surface area contributed by atoms with E-state index in [2.05, 4.69) is 11.2 Å². The summed E-state index contributed by atoms with van der Waals surface area (Å²) in [5.74, 6) is 0. The van der Waals surface area contributed by atoms with Crippen LogP contribution in [0.1, 0.15) is 11.3 Å². The minimum absolute atomic E-state index is 0.674. The van der Waals surface area contributed by atoms with Crippen molar-refractivity contribution in [2.45, 2.75) is 6.92 Å². The standard InChI is InChI=1S/C9H7N3S/c1-7-2-4-12(11-7)9-8(6-10)3-5-13-9/h2-5H,1H3. The van der Waals surface area contributed by atoms with Gasteiger partial charge in [0.15, 0.2) is 0 Å². The molecule has 0 saturated carbocycles. The van der Waals surface area contributed by atoms with E-state index in [4.69, 9.17) is 5.26 Å². The van der Waals surface area contributed by atoms with E-state index in [1.807, 2.05) is 24.6 Å². The molecule has 0 aliphatic heterocycles. The smallest absolute Gasteiger partial charge is 0.135 e. The Balaban J connectivity index is 2.53. The van der Waals surface area contributed by atoms with Crippen LogP contribution in [0, 0.1) is 18.3 Å². The summed E-state index contributed by atoms with van der Waals surface area (Å²) in [7, 11) is 0. The number of rotatable bonds is 1. The van der Waals surface area contributed by atoms with Gasteiger partial charge in [0.05, 0.1) is 11.3 Å². The monoisotopic (exact) mass is 189 g/mol. The summed E-state index contributed by atoms with van der Waals surface area (Å²) in [5, 5.41) is 15.8. The van der Waals surface area contributed by atoms with Crippen LogP contribution >= 0.6 is 11.3 Å². The lowest BCUT2D eigenvalue weighted by atomic mass is 10.3. The highest BCUT2D eigenvalue weighted by Gasteiger charge is 2.05. The molecule has 2 aromatic rings. The highest BCUT2D eigenvalue weighted by atomic mass is 32.1. The zero-order valence-corrected chi connectivity index (χ0v) is 7.88. The van der Waals surface area contributed by atoms with Crippen LogP contribution < -0.4 is 0 Å². The molecule has 0 saturated heterocycles. The maximum absolute atomic E-state index is 8.79. The Labute approximate surface area is 79.9 Å². The van der Waals surface area contributed by atoms with Gasteiger partial charge < -0.3 is 0 Å². The second-order valence-corrected chi connectivity index (χ2v) is 3.55. The molecule has 0 amide bonds. The van der Waals surface area contributed by atoms with Crippen LogP contribution in [-0.4, -0.2) is 9.78 Å². The van der Waals surface area contributed by atoms with Crippen molar-refractivity contribution < 1.29 is 0 Å². The van der Waals surface area contributed by atoms with Crippen molar-refractivity contribution in [3.05, 3.63) is 35.0 Å². The Morgan fingerprint density at radius 3 is 3.00 bits per heavy atom. The highest BCUT2D eigenvalue weighted by Crippen LogP contribution is 2.20. The van der Waals surface area contributed by atoms with Crippen molar-refractivity contribution >= 4 is 11.3 Å². The Bertz CT molecular complexity index is 461. The Kier molecular flexibility index (Phi) is 1.87. The van der Waals surface area contributed by atoms with E-state index in [0.29, 0.717) is 5.56 Å². The molecule has 4 heteroatoms. The average Bonchev–Trinajstić information content (AvgIpc) is 2.71. The largest absolute Gasteiger partial charge is 0.229 e. The Morgan fingerprint density at radius 1 is 1.54 bits per heavy atom. The zero-order chi connectivity index (χ0) is 9.26. The van der Waals surface area contributed by atoms with E-state index in [1.165, 1.54) is 11.3 Å². The fourth-order valence-corrected chi connectivity index (χ4v) is 1.88. The van der Waals surface area contributed by atoms with Crippen LogP contribution in [0.4, 0.5) is 0 Å². The molecule has 0 unspecified atom stereocenters. The molecule has 3 nitrogen and oxygen atoms in total. The lowest BCUT2D eigenvalue weighted by Gasteiger charge is -1.95. The van der Waals surface area contributed by atoms with Gasteiger partial charge >= 0.3 is 0 Å². The van der Waals surface area contributed by atoms with Gasteiger partial charge in [0.1, 0.15) is 11.1 Å². The van der Waals surface area contributed by atoms with Crippen molar-refractivity contribution in [1.29, 1.82) is 5.26 Å². The lowest BCUT2D eigenvalue weighted by molar-refractivity contribution is 0.876. The van der Waals surface area contributed by atoms with Gasteiger partial charge in [-0.3, -0.25) is 0 Å². The predicted octanol–water partition coefficient (Wildman–Crippen LogP) is 2.11. The van der Waals surface area contributed by atoms with Crippen molar-refractivity contribution in [2.75, 3.05) is 0 Å². The first-order chi connectivity index (χ1) is 6.31. The van der Waals surface area contributed by atoms with E-state index in [-0.39, 0.29) is 0 Å². The number of aryl methyl sites for hydroxylation is 1. The first-order valence-electron chi connectivity index (χ1n) is 3.81. The third-order valence-corrected chi connectivity index (χ3v) is 2.60. The molecule has 0 radical (unpaired) electrons. The number of aromatic nitrogens is 2. The minimum atomic E-state index is 0.674. The van der Waals surface area contributed by atoms with E-state index in [0.717, 1.165) is 10.7 Å².